The molecule has 0 aliphatic carbocycles. The Hall–Kier alpha value is -1.69. The van der Waals surface area contributed by atoms with E-state index in [0.29, 0.717) is 6.04 Å². The molecule has 6 heteroatoms. The molecule has 0 bridgehead atoms. The second kappa shape index (κ2) is 4.29. The van der Waals surface area contributed by atoms with E-state index in [0.717, 1.165) is 37.4 Å². The fraction of sp³-hybridized carbons (Fsp3) is 0.545. The van der Waals surface area contributed by atoms with Gasteiger partial charge in [0.25, 0.3) is 0 Å². The van der Waals surface area contributed by atoms with Crippen molar-refractivity contribution in [1.82, 2.24) is 30.1 Å². The Morgan fingerprint density at radius 2 is 2.35 bits per heavy atom. The maximum Gasteiger partial charge on any atom is 0.131 e. The molecular weight excluding hydrogens is 216 g/mol. The molecule has 3 rings (SSSR count). The van der Waals surface area contributed by atoms with Gasteiger partial charge in [0.2, 0.25) is 0 Å². The molecule has 0 radical (unpaired) electrons. The molecule has 6 nitrogen and oxygen atoms in total. The summed E-state index contributed by atoms with van der Waals surface area (Å²) < 4.78 is 3.92. The third kappa shape index (κ3) is 1.84. The van der Waals surface area contributed by atoms with Crippen LogP contribution in [0.25, 0.3) is 11.4 Å². The van der Waals surface area contributed by atoms with Crippen LogP contribution in [0, 0.1) is 0 Å². The van der Waals surface area contributed by atoms with E-state index < -0.39 is 0 Å². The molecule has 90 valence electrons. The largest absolute Gasteiger partial charge is 0.312 e. The smallest absolute Gasteiger partial charge is 0.131 e. The average Bonchev–Trinajstić information content (AvgIpc) is 2.84. The van der Waals surface area contributed by atoms with Crippen LogP contribution in [0.15, 0.2) is 18.5 Å². The minimum absolute atomic E-state index is 0.457. The van der Waals surface area contributed by atoms with Crippen molar-refractivity contribution in [2.75, 3.05) is 13.1 Å². The van der Waals surface area contributed by atoms with Crippen molar-refractivity contribution in [2.45, 2.75) is 25.9 Å². The van der Waals surface area contributed by atoms with Gasteiger partial charge in [-0.25, -0.2) is 4.68 Å². The summed E-state index contributed by atoms with van der Waals surface area (Å²) >= 11 is 0. The van der Waals surface area contributed by atoms with Crippen LogP contribution >= 0.6 is 0 Å². The summed E-state index contributed by atoms with van der Waals surface area (Å²) in [4.78, 5) is 0. The van der Waals surface area contributed by atoms with Crippen molar-refractivity contribution in [3.63, 3.8) is 0 Å². The van der Waals surface area contributed by atoms with Crippen molar-refractivity contribution in [3.05, 3.63) is 18.5 Å². The average molecular weight is 232 g/mol. The summed E-state index contributed by atoms with van der Waals surface area (Å²) in [7, 11) is 0. The first-order valence-electron chi connectivity index (χ1n) is 6.03. The number of rotatable bonds is 4. The molecule has 0 aromatic carbocycles. The van der Waals surface area contributed by atoms with E-state index in [1.54, 1.807) is 0 Å². The van der Waals surface area contributed by atoms with E-state index >= 15 is 0 Å². The first-order chi connectivity index (χ1) is 8.38. The van der Waals surface area contributed by atoms with E-state index in [1.165, 1.54) is 0 Å². The van der Waals surface area contributed by atoms with Crippen molar-refractivity contribution >= 4 is 0 Å². The topological polar surface area (TPSA) is 60.6 Å². The van der Waals surface area contributed by atoms with Gasteiger partial charge in [-0.1, -0.05) is 12.1 Å². The SMILES string of the molecule is CCCn1nccc1-c1cn(C2CNC2)nn1. The van der Waals surface area contributed by atoms with E-state index in [4.69, 9.17) is 0 Å². The molecule has 0 atom stereocenters. The maximum atomic E-state index is 4.30. The molecule has 0 spiro atoms. The zero-order valence-electron chi connectivity index (χ0n) is 9.87. The molecule has 2 aromatic heterocycles. The van der Waals surface area contributed by atoms with Crippen LogP contribution in [0.1, 0.15) is 19.4 Å². The Bertz CT molecular complexity index is 496. The Labute approximate surface area is 99.6 Å². The number of aromatic nitrogens is 5. The fourth-order valence-corrected chi connectivity index (χ4v) is 1.97. The maximum absolute atomic E-state index is 4.30. The van der Waals surface area contributed by atoms with Gasteiger partial charge in [0.1, 0.15) is 5.69 Å². The van der Waals surface area contributed by atoms with Crippen LogP contribution in [0.2, 0.25) is 0 Å². The lowest BCUT2D eigenvalue weighted by molar-refractivity contribution is 0.313. The Kier molecular flexibility index (Phi) is 2.64. The summed E-state index contributed by atoms with van der Waals surface area (Å²) in [5.41, 5.74) is 1.95. The number of hydrogen-bond acceptors (Lipinski definition) is 4. The van der Waals surface area contributed by atoms with Gasteiger partial charge in [-0.15, -0.1) is 5.10 Å². The highest BCUT2D eigenvalue weighted by Crippen LogP contribution is 2.18. The van der Waals surface area contributed by atoms with Crippen molar-refractivity contribution in [1.29, 1.82) is 0 Å². The molecular formula is C11H16N6. The van der Waals surface area contributed by atoms with Crippen LogP contribution in [-0.4, -0.2) is 37.9 Å². The first kappa shape index (κ1) is 10.5. The summed E-state index contributed by atoms with van der Waals surface area (Å²) in [6, 6.07) is 2.45. The predicted molar refractivity (Wildman–Crippen MR) is 63.4 cm³/mol. The Morgan fingerprint density at radius 3 is 3.06 bits per heavy atom. The van der Waals surface area contributed by atoms with Crippen LogP contribution in [0.4, 0.5) is 0 Å². The minimum atomic E-state index is 0.457. The molecule has 0 amide bonds. The monoisotopic (exact) mass is 232 g/mol. The van der Waals surface area contributed by atoms with Crippen LogP contribution in [-0.2, 0) is 6.54 Å². The molecule has 1 aliphatic rings. The summed E-state index contributed by atoms with van der Waals surface area (Å²) in [6.45, 7) is 5.02. The van der Waals surface area contributed by atoms with Gasteiger partial charge in [0.15, 0.2) is 0 Å². The molecule has 1 N–H and O–H groups in total. The van der Waals surface area contributed by atoms with E-state index in [2.05, 4.69) is 27.7 Å². The van der Waals surface area contributed by atoms with Gasteiger partial charge in [0.05, 0.1) is 17.9 Å². The molecule has 17 heavy (non-hydrogen) atoms. The highest BCUT2D eigenvalue weighted by molar-refractivity contribution is 5.52. The highest BCUT2D eigenvalue weighted by Gasteiger charge is 2.20. The molecule has 0 saturated carbocycles. The minimum Gasteiger partial charge on any atom is -0.312 e. The Balaban J connectivity index is 1.87. The van der Waals surface area contributed by atoms with E-state index in [9.17, 15) is 0 Å². The molecule has 1 aliphatic heterocycles. The van der Waals surface area contributed by atoms with Crippen molar-refractivity contribution < 1.29 is 0 Å². The normalized spacial score (nSPS) is 16.1. The van der Waals surface area contributed by atoms with E-state index in [1.807, 2.05) is 27.8 Å². The lowest BCUT2D eigenvalue weighted by atomic mass is 10.2. The Morgan fingerprint density at radius 1 is 1.47 bits per heavy atom. The van der Waals surface area contributed by atoms with Crippen LogP contribution < -0.4 is 5.32 Å². The highest BCUT2D eigenvalue weighted by atomic mass is 15.5. The summed E-state index contributed by atoms with van der Waals surface area (Å²) in [5, 5.41) is 15.9. The molecule has 1 fully saturated rings. The second-order valence-corrected chi connectivity index (χ2v) is 4.34. The van der Waals surface area contributed by atoms with Crippen LogP contribution in [0.5, 0.6) is 0 Å². The predicted octanol–water partition coefficient (Wildman–Crippen LogP) is 0.696. The zero-order chi connectivity index (χ0) is 11.7. The lowest BCUT2D eigenvalue weighted by Crippen LogP contribution is -2.43. The molecule has 1 saturated heterocycles. The zero-order valence-corrected chi connectivity index (χ0v) is 9.87. The van der Waals surface area contributed by atoms with Crippen molar-refractivity contribution in [2.24, 2.45) is 0 Å². The third-order valence-corrected chi connectivity index (χ3v) is 3.06. The number of nitrogens with one attached hydrogen (secondary N) is 1. The summed E-state index contributed by atoms with van der Waals surface area (Å²) in [6.07, 6.45) is 4.89. The van der Waals surface area contributed by atoms with Gasteiger partial charge >= 0.3 is 0 Å². The van der Waals surface area contributed by atoms with Gasteiger partial charge < -0.3 is 5.32 Å². The van der Waals surface area contributed by atoms with E-state index in [-0.39, 0.29) is 0 Å². The quantitative estimate of drug-likeness (QED) is 0.842. The van der Waals surface area contributed by atoms with Gasteiger partial charge in [-0.05, 0) is 12.5 Å². The van der Waals surface area contributed by atoms with Gasteiger partial charge in [0, 0.05) is 25.8 Å². The molecule has 0 unspecified atom stereocenters. The second-order valence-electron chi connectivity index (χ2n) is 4.34. The lowest BCUT2D eigenvalue weighted by Gasteiger charge is -2.26. The number of nitrogens with zero attached hydrogens (tertiary/aromatic N) is 5. The van der Waals surface area contributed by atoms with Crippen molar-refractivity contribution in [3.8, 4) is 11.4 Å². The third-order valence-electron chi connectivity index (χ3n) is 3.06. The first-order valence-corrected chi connectivity index (χ1v) is 6.03. The summed E-state index contributed by atoms with van der Waals surface area (Å²) in [5.74, 6) is 0. The van der Waals surface area contributed by atoms with Crippen LogP contribution in [0.3, 0.4) is 0 Å². The number of aryl methyl sites for hydroxylation is 1. The molecule has 3 heterocycles. The standard InChI is InChI=1S/C11H16N6/c1-2-5-16-11(3-4-13-16)10-8-17(15-14-10)9-6-12-7-9/h3-4,8-9,12H,2,5-7H2,1H3. The fourth-order valence-electron chi connectivity index (χ4n) is 1.97. The van der Waals surface area contributed by atoms with Gasteiger partial charge in [-0.2, -0.15) is 5.10 Å². The molecule has 2 aromatic rings. The number of hydrogen-bond donors (Lipinski definition) is 1. The van der Waals surface area contributed by atoms with Gasteiger partial charge in [-0.3, -0.25) is 4.68 Å².